The maximum Gasteiger partial charge on any atom is 0.323 e. The zero-order chi connectivity index (χ0) is 27.6. The number of fused-ring (bicyclic) bond motifs is 2. The molecule has 4 N–H and O–H groups in total. The number of primary amides is 1. The summed E-state index contributed by atoms with van der Waals surface area (Å²) < 4.78 is 11.4. The molecule has 3 fully saturated rings. The molecule has 12 heteroatoms. The molecule has 3 atom stereocenters. The fourth-order valence-electron chi connectivity index (χ4n) is 5.42. The summed E-state index contributed by atoms with van der Waals surface area (Å²) in [5.74, 6) is 1.38. The van der Waals surface area contributed by atoms with Crippen LogP contribution in [0.4, 0.5) is 28.1 Å². The van der Waals surface area contributed by atoms with Crippen molar-refractivity contribution < 1.29 is 19.1 Å². The van der Waals surface area contributed by atoms with Gasteiger partial charge in [-0.1, -0.05) is 0 Å². The summed E-state index contributed by atoms with van der Waals surface area (Å²) in [7, 11) is 0. The second kappa shape index (κ2) is 11.1. The molecular formula is C28H32N8O4. The number of ether oxygens (including phenoxy) is 2. The van der Waals surface area contributed by atoms with E-state index in [1.54, 1.807) is 24.3 Å². The number of aromatic nitrogens is 3. The monoisotopic (exact) mass is 544 g/mol. The summed E-state index contributed by atoms with van der Waals surface area (Å²) in [5, 5.41) is 5.56. The molecule has 208 valence electrons. The van der Waals surface area contributed by atoms with Gasteiger partial charge in [0.25, 0.3) is 0 Å². The molecule has 0 saturated carbocycles. The lowest BCUT2D eigenvalue weighted by Gasteiger charge is -2.36. The van der Waals surface area contributed by atoms with Gasteiger partial charge in [0.15, 0.2) is 5.82 Å². The minimum absolute atomic E-state index is 0.148. The Morgan fingerprint density at radius 2 is 1.48 bits per heavy atom. The predicted molar refractivity (Wildman–Crippen MR) is 151 cm³/mol. The van der Waals surface area contributed by atoms with Crippen molar-refractivity contribution in [2.45, 2.75) is 37.9 Å². The number of rotatable bonds is 6. The summed E-state index contributed by atoms with van der Waals surface area (Å²) in [4.78, 5) is 43.0. The number of urea groups is 1. The Labute approximate surface area is 231 Å². The van der Waals surface area contributed by atoms with Crippen LogP contribution in [0.2, 0.25) is 0 Å². The van der Waals surface area contributed by atoms with Gasteiger partial charge >= 0.3 is 6.03 Å². The summed E-state index contributed by atoms with van der Waals surface area (Å²) in [6, 6.07) is 14.0. The van der Waals surface area contributed by atoms with Crippen molar-refractivity contribution in [2.75, 3.05) is 53.4 Å². The molecule has 4 heterocycles. The largest absolute Gasteiger partial charge is 0.377 e. The molecule has 0 radical (unpaired) electrons. The molecule has 3 aliphatic rings. The van der Waals surface area contributed by atoms with Crippen LogP contribution in [0.25, 0.3) is 11.4 Å². The van der Waals surface area contributed by atoms with Crippen molar-refractivity contribution >= 4 is 35.2 Å². The van der Waals surface area contributed by atoms with E-state index in [1.807, 2.05) is 24.3 Å². The number of amides is 3. The number of hydrogen-bond acceptors (Lipinski definition) is 9. The number of anilines is 4. The van der Waals surface area contributed by atoms with E-state index in [2.05, 4.69) is 27.4 Å². The molecule has 0 aliphatic carbocycles. The number of benzene rings is 2. The van der Waals surface area contributed by atoms with Crippen LogP contribution >= 0.6 is 0 Å². The number of morpholine rings is 2. The minimum Gasteiger partial charge on any atom is -0.377 e. The summed E-state index contributed by atoms with van der Waals surface area (Å²) in [5.41, 5.74) is 7.61. The summed E-state index contributed by atoms with van der Waals surface area (Å²) >= 11 is 0. The molecule has 3 aromatic rings. The third-order valence-corrected chi connectivity index (χ3v) is 7.54. The molecule has 2 bridgehead atoms. The van der Waals surface area contributed by atoms with Crippen LogP contribution in [-0.4, -0.2) is 78.0 Å². The molecule has 3 amide bonds. The maximum atomic E-state index is 12.5. The Morgan fingerprint density at radius 3 is 2.10 bits per heavy atom. The molecule has 3 saturated heterocycles. The number of nitrogens with two attached hydrogens (primary N) is 1. The first-order chi connectivity index (χ1) is 19.4. The van der Waals surface area contributed by atoms with E-state index in [0.717, 1.165) is 18.4 Å². The van der Waals surface area contributed by atoms with E-state index in [-0.39, 0.29) is 18.1 Å². The van der Waals surface area contributed by atoms with Gasteiger partial charge in [0.05, 0.1) is 44.6 Å². The van der Waals surface area contributed by atoms with Crippen LogP contribution in [0.3, 0.4) is 0 Å². The quantitative estimate of drug-likeness (QED) is 0.426. The molecule has 2 aromatic carbocycles. The van der Waals surface area contributed by atoms with Gasteiger partial charge < -0.3 is 35.6 Å². The van der Waals surface area contributed by atoms with Gasteiger partial charge in [0.1, 0.15) is 0 Å². The summed E-state index contributed by atoms with van der Waals surface area (Å²) in [6.07, 6.45) is 2.12. The SMILES string of the molecule is C[C@@H]1COCCN1c1nc(-c2ccc(NC(=O)Nc3ccc(C(N)=O)cc3)cc2)nc(N2C3CCC2COC3)n1. The number of carbonyl (C=O) groups is 2. The van der Waals surface area contributed by atoms with E-state index in [1.165, 1.54) is 0 Å². The molecular weight excluding hydrogens is 512 g/mol. The average Bonchev–Trinajstić information content (AvgIpc) is 3.21. The maximum absolute atomic E-state index is 12.5. The van der Waals surface area contributed by atoms with Gasteiger partial charge in [0.2, 0.25) is 17.8 Å². The van der Waals surface area contributed by atoms with Crippen molar-refractivity contribution in [3.05, 3.63) is 54.1 Å². The molecule has 40 heavy (non-hydrogen) atoms. The Kier molecular flexibility index (Phi) is 7.18. The van der Waals surface area contributed by atoms with Crippen LogP contribution in [-0.2, 0) is 9.47 Å². The van der Waals surface area contributed by atoms with Gasteiger partial charge in [-0.25, -0.2) is 4.79 Å². The first-order valence-electron chi connectivity index (χ1n) is 13.5. The normalized spacial score (nSPS) is 22.2. The smallest absolute Gasteiger partial charge is 0.323 e. The van der Waals surface area contributed by atoms with Crippen LogP contribution in [0, 0.1) is 0 Å². The highest BCUT2D eigenvalue weighted by Crippen LogP contribution is 2.34. The molecule has 12 nitrogen and oxygen atoms in total. The fourth-order valence-corrected chi connectivity index (χ4v) is 5.42. The first-order valence-corrected chi connectivity index (χ1v) is 13.5. The van der Waals surface area contributed by atoms with Crippen molar-refractivity contribution in [3.63, 3.8) is 0 Å². The highest BCUT2D eigenvalue weighted by molar-refractivity contribution is 6.00. The summed E-state index contributed by atoms with van der Waals surface area (Å²) in [6.45, 7) is 5.43. The van der Waals surface area contributed by atoms with E-state index >= 15 is 0 Å². The standard InChI is InChI=1S/C28H32N8O4/c1-17-14-39-13-12-35(17)26-32-25(33-27(34-26)36-22-10-11-23(36)16-40-15-22)19-4-8-21(9-5-19)31-28(38)30-20-6-2-18(3-7-20)24(29)37/h2-9,17,22-23H,10-16H2,1H3,(H2,29,37)(H2,30,31,38)/t17-,22?,23?/m1/s1. The third kappa shape index (κ3) is 5.40. The number of nitrogens with one attached hydrogen (secondary N) is 2. The van der Waals surface area contributed by atoms with Gasteiger partial charge in [0, 0.05) is 29.0 Å². The molecule has 2 unspecified atom stereocenters. The van der Waals surface area contributed by atoms with Crippen LogP contribution in [0.5, 0.6) is 0 Å². The molecule has 1 aromatic heterocycles. The van der Waals surface area contributed by atoms with Crippen LogP contribution in [0.1, 0.15) is 30.1 Å². The number of hydrogen-bond donors (Lipinski definition) is 3. The van der Waals surface area contributed by atoms with E-state index in [4.69, 9.17) is 30.2 Å². The third-order valence-electron chi connectivity index (χ3n) is 7.54. The Balaban J connectivity index is 1.22. The van der Waals surface area contributed by atoms with Gasteiger partial charge in [-0.2, -0.15) is 15.0 Å². The Morgan fingerprint density at radius 1 is 0.850 bits per heavy atom. The van der Waals surface area contributed by atoms with Gasteiger partial charge in [-0.3, -0.25) is 4.79 Å². The molecule has 3 aliphatic heterocycles. The van der Waals surface area contributed by atoms with E-state index < -0.39 is 11.9 Å². The first kappa shape index (κ1) is 26.0. The van der Waals surface area contributed by atoms with Crippen LogP contribution in [0.15, 0.2) is 48.5 Å². The average molecular weight is 545 g/mol. The van der Waals surface area contributed by atoms with Crippen molar-refractivity contribution in [3.8, 4) is 11.4 Å². The molecule has 0 spiro atoms. The van der Waals surface area contributed by atoms with Gasteiger partial charge in [-0.05, 0) is 68.3 Å². The van der Waals surface area contributed by atoms with Crippen molar-refractivity contribution in [1.82, 2.24) is 15.0 Å². The van der Waals surface area contributed by atoms with E-state index in [9.17, 15) is 9.59 Å². The van der Waals surface area contributed by atoms with E-state index in [0.29, 0.717) is 67.6 Å². The lowest BCUT2D eigenvalue weighted by Crippen LogP contribution is -2.48. The zero-order valence-corrected chi connectivity index (χ0v) is 22.2. The Hall–Kier alpha value is -4.29. The Bertz CT molecular complexity index is 1370. The topological polar surface area (TPSA) is 148 Å². The lowest BCUT2D eigenvalue weighted by atomic mass is 10.2. The highest BCUT2D eigenvalue weighted by atomic mass is 16.5. The fraction of sp³-hybridized carbons (Fsp3) is 0.393. The van der Waals surface area contributed by atoms with Crippen molar-refractivity contribution in [2.24, 2.45) is 5.73 Å². The molecule has 6 rings (SSSR count). The number of carbonyl (C=O) groups excluding carboxylic acids is 2. The predicted octanol–water partition coefficient (Wildman–Crippen LogP) is 2.87. The zero-order valence-electron chi connectivity index (χ0n) is 22.2. The number of nitrogens with zero attached hydrogens (tertiary/aromatic N) is 5. The minimum atomic E-state index is -0.523. The van der Waals surface area contributed by atoms with Crippen molar-refractivity contribution in [1.29, 1.82) is 0 Å². The lowest BCUT2D eigenvalue weighted by molar-refractivity contribution is 0.0895. The highest BCUT2D eigenvalue weighted by Gasteiger charge is 2.39. The second-order valence-electron chi connectivity index (χ2n) is 10.3. The van der Waals surface area contributed by atoms with Crippen LogP contribution < -0.4 is 26.2 Å². The van der Waals surface area contributed by atoms with Gasteiger partial charge in [-0.15, -0.1) is 0 Å². The second-order valence-corrected chi connectivity index (χ2v) is 10.3.